The molecule has 7 heteroatoms. The van der Waals surface area contributed by atoms with Crippen LogP contribution in [0.2, 0.25) is 5.02 Å². The number of carbonyl (C=O) groups is 2. The lowest BCUT2D eigenvalue weighted by Crippen LogP contribution is -2.43. The van der Waals surface area contributed by atoms with Crippen molar-refractivity contribution >= 4 is 40.9 Å². The van der Waals surface area contributed by atoms with E-state index in [-0.39, 0.29) is 17.7 Å². The van der Waals surface area contributed by atoms with Gasteiger partial charge in [-0.25, -0.2) is 5.84 Å². The van der Waals surface area contributed by atoms with Crippen molar-refractivity contribution in [3.63, 3.8) is 0 Å². The molecule has 0 saturated heterocycles. The molecule has 2 amide bonds. The third kappa shape index (κ3) is 3.56. The van der Waals surface area contributed by atoms with Crippen LogP contribution in [-0.4, -0.2) is 18.4 Å². The number of nitrogens with zero attached hydrogens (tertiary/aromatic N) is 1. The first kappa shape index (κ1) is 16.8. The van der Waals surface area contributed by atoms with E-state index in [2.05, 4.69) is 5.43 Å². The van der Waals surface area contributed by atoms with Crippen LogP contribution in [0.25, 0.3) is 0 Å². The fraction of sp³-hybridized carbons (Fsp3) is 0.176. The van der Waals surface area contributed by atoms with E-state index in [9.17, 15) is 9.59 Å². The van der Waals surface area contributed by atoms with E-state index in [0.29, 0.717) is 17.1 Å². The number of thioether (sulfide) groups is 1. The maximum atomic E-state index is 12.8. The highest BCUT2D eigenvalue weighted by Crippen LogP contribution is 2.46. The Morgan fingerprint density at radius 3 is 2.75 bits per heavy atom. The van der Waals surface area contributed by atoms with Crippen LogP contribution in [-0.2, 0) is 9.59 Å². The molecule has 1 aliphatic heterocycles. The van der Waals surface area contributed by atoms with Gasteiger partial charge in [0.05, 0.1) is 5.69 Å². The lowest BCUT2D eigenvalue weighted by Gasteiger charge is -2.21. The Labute approximate surface area is 149 Å². The topological polar surface area (TPSA) is 75.4 Å². The van der Waals surface area contributed by atoms with Crippen LogP contribution in [0, 0.1) is 0 Å². The molecule has 0 fully saturated rings. The number of hydrogen-bond donors (Lipinski definition) is 2. The van der Waals surface area contributed by atoms with E-state index in [1.165, 1.54) is 4.90 Å². The number of benzene rings is 2. The Kier molecular flexibility index (Phi) is 5.08. The van der Waals surface area contributed by atoms with E-state index >= 15 is 0 Å². The molecule has 0 radical (unpaired) electrons. The molecule has 124 valence electrons. The van der Waals surface area contributed by atoms with Crippen LogP contribution in [0.3, 0.4) is 0 Å². The first-order valence-electron chi connectivity index (χ1n) is 7.39. The minimum absolute atomic E-state index is 0.0399. The molecule has 2 aromatic rings. The monoisotopic (exact) mass is 361 g/mol. The maximum Gasteiger partial charge on any atom is 0.253 e. The summed E-state index contributed by atoms with van der Waals surface area (Å²) in [7, 11) is 0. The first-order chi connectivity index (χ1) is 11.6. The predicted octanol–water partition coefficient (Wildman–Crippen LogP) is 2.90. The van der Waals surface area contributed by atoms with Crippen LogP contribution in [0.15, 0.2) is 53.4 Å². The first-order valence-corrected chi connectivity index (χ1v) is 8.65. The summed E-state index contributed by atoms with van der Waals surface area (Å²) in [5, 5.41) is 0.549. The predicted molar refractivity (Wildman–Crippen MR) is 95.8 cm³/mol. The molecule has 3 rings (SSSR count). The van der Waals surface area contributed by atoms with Crippen molar-refractivity contribution in [2.24, 2.45) is 5.84 Å². The highest BCUT2D eigenvalue weighted by molar-refractivity contribution is 7.99. The Hall–Kier alpha value is -2.02. The number of hydrogen-bond acceptors (Lipinski definition) is 4. The van der Waals surface area contributed by atoms with Crippen molar-refractivity contribution in [2.75, 3.05) is 11.4 Å². The molecule has 1 aliphatic rings. The van der Waals surface area contributed by atoms with Gasteiger partial charge in [0.2, 0.25) is 5.91 Å². The number of nitrogens with one attached hydrogen (secondary N) is 1. The SMILES string of the molecule is NNC(=O)CN1C(=O)CC(c2ccccc2)Sc2cc(Cl)ccc21. The van der Waals surface area contributed by atoms with Crippen molar-refractivity contribution in [3.05, 3.63) is 59.1 Å². The van der Waals surface area contributed by atoms with Gasteiger partial charge in [0.15, 0.2) is 0 Å². The smallest absolute Gasteiger partial charge is 0.253 e. The van der Waals surface area contributed by atoms with Gasteiger partial charge in [-0.1, -0.05) is 41.9 Å². The molecule has 0 saturated carbocycles. The lowest BCUT2D eigenvalue weighted by molar-refractivity contribution is -0.123. The minimum atomic E-state index is -0.424. The zero-order chi connectivity index (χ0) is 17.1. The van der Waals surface area contributed by atoms with Gasteiger partial charge < -0.3 is 4.90 Å². The molecule has 0 spiro atoms. The highest BCUT2D eigenvalue weighted by atomic mass is 35.5. The average Bonchev–Trinajstić information content (AvgIpc) is 2.72. The average molecular weight is 362 g/mol. The fourth-order valence-electron chi connectivity index (χ4n) is 2.62. The van der Waals surface area contributed by atoms with Gasteiger partial charge in [0.1, 0.15) is 6.54 Å². The van der Waals surface area contributed by atoms with Gasteiger partial charge in [0.25, 0.3) is 5.91 Å². The second-order valence-corrected chi connectivity index (χ2v) is 7.06. The van der Waals surface area contributed by atoms with E-state index in [0.717, 1.165) is 10.5 Å². The summed E-state index contributed by atoms with van der Waals surface area (Å²) < 4.78 is 0. The van der Waals surface area contributed by atoms with Crippen LogP contribution in [0.1, 0.15) is 17.2 Å². The van der Waals surface area contributed by atoms with Crippen LogP contribution >= 0.6 is 23.4 Å². The van der Waals surface area contributed by atoms with Crippen molar-refractivity contribution in [1.29, 1.82) is 0 Å². The third-order valence-electron chi connectivity index (χ3n) is 3.78. The fourth-order valence-corrected chi connectivity index (χ4v) is 4.18. The Balaban J connectivity index is 2.01. The quantitative estimate of drug-likeness (QED) is 0.500. The minimum Gasteiger partial charge on any atom is -0.302 e. The summed E-state index contributed by atoms with van der Waals surface area (Å²) in [6.45, 7) is -0.119. The maximum absolute atomic E-state index is 12.8. The second kappa shape index (κ2) is 7.25. The third-order valence-corrected chi connectivity index (χ3v) is 5.32. The number of anilines is 1. The number of amides is 2. The van der Waals surface area contributed by atoms with E-state index in [1.54, 1.807) is 23.9 Å². The van der Waals surface area contributed by atoms with Crippen molar-refractivity contribution in [3.8, 4) is 0 Å². The Morgan fingerprint density at radius 2 is 2.04 bits per heavy atom. The molecule has 1 unspecified atom stereocenters. The number of carbonyl (C=O) groups excluding carboxylic acids is 2. The molecular formula is C17H16ClN3O2S. The van der Waals surface area contributed by atoms with E-state index < -0.39 is 5.91 Å². The second-order valence-electron chi connectivity index (χ2n) is 5.38. The summed E-state index contributed by atoms with van der Waals surface area (Å²) in [5.74, 6) is 4.62. The van der Waals surface area contributed by atoms with Gasteiger partial charge >= 0.3 is 0 Å². The lowest BCUT2D eigenvalue weighted by atomic mass is 10.1. The Bertz CT molecular complexity index is 770. The summed E-state index contributed by atoms with van der Waals surface area (Å²) in [6, 6.07) is 15.1. The van der Waals surface area contributed by atoms with Gasteiger partial charge in [0, 0.05) is 21.6 Å². The Morgan fingerprint density at radius 1 is 1.29 bits per heavy atom. The molecule has 24 heavy (non-hydrogen) atoms. The normalized spacial score (nSPS) is 17.2. The standard InChI is InChI=1S/C17H16ClN3O2S/c18-12-6-7-13-15(8-12)24-14(11-4-2-1-3-5-11)9-17(23)21(13)10-16(22)20-19/h1-8,14H,9-10,19H2,(H,20,22). The van der Waals surface area contributed by atoms with Gasteiger partial charge in [-0.15, -0.1) is 11.8 Å². The largest absolute Gasteiger partial charge is 0.302 e. The number of halogens is 1. The summed E-state index contributed by atoms with van der Waals surface area (Å²) in [6.07, 6.45) is 0.291. The number of fused-ring (bicyclic) bond motifs is 1. The van der Waals surface area contributed by atoms with Crippen LogP contribution in [0.5, 0.6) is 0 Å². The van der Waals surface area contributed by atoms with E-state index in [4.69, 9.17) is 17.4 Å². The molecule has 5 nitrogen and oxygen atoms in total. The zero-order valence-corrected chi connectivity index (χ0v) is 14.3. The summed E-state index contributed by atoms with van der Waals surface area (Å²) >= 11 is 7.70. The van der Waals surface area contributed by atoms with E-state index in [1.807, 2.05) is 36.4 Å². The van der Waals surface area contributed by atoms with Crippen LogP contribution in [0.4, 0.5) is 5.69 Å². The van der Waals surface area contributed by atoms with Gasteiger partial charge in [-0.3, -0.25) is 15.0 Å². The van der Waals surface area contributed by atoms with Crippen molar-refractivity contribution < 1.29 is 9.59 Å². The molecule has 0 aliphatic carbocycles. The molecule has 3 N–H and O–H groups in total. The van der Waals surface area contributed by atoms with Crippen molar-refractivity contribution in [2.45, 2.75) is 16.6 Å². The molecule has 2 aromatic carbocycles. The van der Waals surface area contributed by atoms with Crippen LogP contribution < -0.4 is 16.2 Å². The molecular weight excluding hydrogens is 346 g/mol. The molecule has 1 atom stereocenters. The molecule has 0 aromatic heterocycles. The van der Waals surface area contributed by atoms with Gasteiger partial charge in [-0.05, 0) is 23.8 Å². The number of hydrazine groups is 1. The zero-order valence-electron chi connectivity index (χ0n) is 12.7. The molecule has 0 bridgehead atoms. The van der Waals surface area contributed by atoms with Gasteiger partial charge in [-0.2, -0.15) is 0 Å². The molecule has 1 heterocycles. The summed E-state index contributed by atoms with van der Waals surface area (Å²) in [5.41, 5.74) is 3.81. The number of nitrogens with two attached hydrogens (primary N) is 1. The number of rotatable bonds is 3. The summed E-state index contributed by atoms with van der Waals surface area (Å²) in [4.78, 5) is 26.8. The van der Waals surface area contributed by atoms with Crippen molar-refractivity contribution in [1.82, 2.24) is 5.43 Å². The highest BCUT2D eigenvalue weighted by Gasteiger charge is 2.30.